The number of methoxy groups -OCH3 is 1. The molecule has 64 heavy (non-hydrogen) atoms. The summed E-state index contributed by atoms with van der Waals surface area (Å²) in [5.41, 5.74) is 9.87. The van der Waals surface area contributed by atoms with Gasteiger partial charge in [-0.1, -0.05) is 119 Å². The summed E-state index contributed by atoms with van der Waals surface area (Å²) in [5, 5.41) is 19.2. The summed E-state index contributed by atoms with van der Waals surface area (Å²) in [7, 11) is 1.37. The zero-order chi connectivity index (χ0) is 46.4. The number of ether oxygens (including phenoxy) is 2. The van der Waals surface area contributed by atoms with Crippen molar-refractivity contribution < 1.29 is 24.2 Å². The van der Waals surface area contributed by atoms with Crippen molar-refractivity contribution in [3.05, 3.63) is 78.4 Å². The normalized spacial score (nSPS) is 22.2. The van der Waals surface area contributed by atoms with Gasteiger partial charge in [-0.15, -0.1) is 0 Å². The lowest BCUT2D eigenvalue weighted by Gasteiger charge is -2.26. The van der Waals surface area contributed by atoms with Crippen molar-refractivity contribution >= 4 is 47.6 Å². The van der Waals surface area contributed by atoms with E-state index in [1.165, 1.54) is 69.6 Å². The molecule has 6 rings (SSSR count). The van der Waals surface area contributed by atoms with Gasteiger partial charge in [-0.2, -0.15) is 0 Å². The molecule has 1 fully saturated rings. The van der Waals surface area contributed by atoms with E-state index in [1.54, 1.807) is 0 Å². The molecule has 350 valence electrons. The number of aliphatic hydroxyl groups is 1. The van der Waals surface area contributed by atoms with Crippen LogP contribution in [0.2, 0.25) is 0 Å². The van der Waals surface area contributed by atoms with Gasteiger partial charge in [0, 0.05) is 56.6 Å². The number of rotatable bonds is 21. The molecule has 0 spiro atoms. The van der Waals surface area contributed by atoms with Crippen LogP contribution in [0.25, 0.3) is 35.6 Å². The Labute approximate surface area is 383 Å². The molecule has 2 unspecified atom stereocenters. The number of allylic oxidation sites excluding steroid dienone is 1. The molecule has 5 heterocycles. The number of carbonyl (C=O) groups is 2. The smallest absolute Gasteiger partial charge is 0.320 e. The van der Waals surface area contributed by atoms with Gasteiger partial charge in [-0.25, -0.2) is 0 Å². The molecule has 3 aromatic heterocycles. The third-order valence-corrected chi connectivity index (χ3v) is 15.1. The van der Waals surface area contributed by atoms with Crippen LogP contribution in [0.15, 0.2) is 12.3 Å². The Bertz CT molecular complexity index is 2440. The van der Waals surface area contributed by atoms with E-state index in [2.05, 4.69) is 107 Å². The van der Waals surface area contributed by atoms with Crippen LogP contribution in [0.1, 0.15) is 170 Å². The highest BCUT2D eigenvalue weighted by molar-refractivity contribution is 5.95. The van der Waals surface area contributed by atoms with Crippen LogP contribution in [-0.2, 0) is 25.5 Å². The van der Waals surface area contributed by atoms with Gasteiger partial charge in [0.25, 0.3) is 0 Å². The van der Waals surface area contributed by atoms with Gasteiger partial charge in [-0.05, 0) is 116 Å². The van der Waals surface area contributed by atoms with E-state index in [0.717, 1.165) is 98.1 Å². The number of aliphatic hydroxyl groups excluding tert-OH is 1. The third-order valence-electron chi connectivity index (χ3n) is 15.1. The van der Waals surface area contributed by atoms with E-state index in [4.69, 9.17) is 9.47 Å². The second-order valence-corrected chi connectivity index (χ2v) is 20.3. The van der Waals surface area contributed by atoms with Crippen LogP contribution in [0.4, 0.5) is 0 Å². The van der Waals surface area contributed by atoms with E-state index in [-0.39, 0.29) is 36.0 Å². The number of hydrogen-bond acceptors (Lipinski definition) is 6. The van der Waals surface area contributed by atoms with Gasteiger partial charge < -0.3 is 34.8 Å². The summed E-state index contributed by atoms with van der Waals surface area (Å²) in [6.45, 7) is 26.9. The first-order valence-corrected chi connectivity index (χ1v) is 24.7. The lowest BCUT2D eigenvalue weighted by molar-refractivity contribution is -0.144. The Morgan fingerprint density at radius 3 is 2.02 bits per heavy atom. The Morgan fingerprint density at radius 2 is 1.41 bits per heavy atom. The molecular formula is C55H80N4O5. The van der Waals surface area contributed by atoms with Crippen molar-refractivity contribution in [1.82, 2.24) is 20.3 Å². The molecule has 9 nitrogen and oxygen atoms in total. The molecule has 1 saturated heterocycles. The van der Waals surface area contributed by atoms with Crippen LogP contribution < -0.4 is 26.6 Å². The predicted molar refractivity (Wildman–Crippen MR) is 263 cm³/mol. The molecule has 3 aromatic rings. The first-order chi connectivity index (χ1) is 30.6. The maximum atomic E-state index is 13.7. The Balaban J connectivity index is 1.19. The summed E-state index contributed by atoms with van der Waals surface area (Å²) >= 11 is 0. The standard InChI is InChI=1S/C55H80N4O5/c1-13-39-35(8)42-28-44-37(10)41(24-25-48(60)64-27-26-34(7)23-17-22-33(6)21-16-20-32(5)19-15-18-31(3)4)52(58-44)50-51(55(62)63-12)54(61)49-38(11)45(59-53(49)50)30-47-40(14-2)36(9)43(57-47)29-46(39)56-42/h13,28-34,37,41,51-52,56-59,61H,1,14-27H2,2-12H3/b43-29-,44-28-,47-30-/t32-,33-,34?,37+,41+,51-,52?/m1/s1. The Hall–Kier alpha value is -4.66. The number of hydrogen-bond donors (Lipinski definition) is 5. The van der Waals surface area contributed by atoms with Crippen molar-refractivity contribution in [3.8, 4) is 0 Å². The minimum atomic E-state index is -0.986. The monoisotopic (exact) mass is 877 g/mol. The molecule has 9 heteroatoms. The molecule has 0 radical (unpaired) electrons. The van der Waals surface area contributed by atoms with Crippen LogP contribution in [-0.4, -0.2) is 51.8 Å². The summed E-state index contributed by atoms with van der Waals surface area (Å²) < 4.78 is 11.3. The number of carbonyl (C=O) groups excluding carboxylic acids is 2. The maximum Gasteiger partial charge on any atom is 0.320 e. The van der Waals surface area contributed by atoms with Gasteiger partial charge in [0.2, 0.25) is 0 Å². The first-order valence-electron chi connectivity index (χ1n) is 24.7. The van der Waals surface area contributed by atoms with Crippen LogP contribution in [0.5, 0.6) is 0 Å². The largest absolute Gasteiger partial charge is 0.510 e. The molecule has 2 aliphatic heterocycles. The minimum Gasteiger partial charge on any atom is -0.510 e. The molecule has 0 saturated carbocycles. The molecule has 3 aliphatic rings. The van der Waals surface area contributed by atoms with Gasteiger partial charge in [0.05, 0.1) is 25.1 Å². The number of nitrogens with one attached hydrogen (secondary N) is 4. The minimum absolute atomic E-state index is 0.00888. The second-order valence-electron chi connectivity index (χ2n) is 20.3. The number of aromatic amines is 3. The molecule has 7 atom stereocenters. The average molecular weight is 877 g/mol. The SMILES string of the molecule is C=Cc1c2[nH]c(c1C)/C=C1\NC(C3=c4[nH]c(c(C)c4=C(O)[C@@H]3C(=O)OC)/C=c3\[nH]/c(c(C)c3CC)=C\2)[C@@H](CCC(=O)OCCC(C)CCC[C@H](C)CCC[C@H](C)CCCC(C)C)[C@@H]1C. The molecular weight excluding hydrogens is 797 g/mol. The van der Waals surface area contributed by atoms with E-state index >= 15 is 0 Å². The summed E-state index contributed by atoms with van der Waals surface area (Å²) in [5.74, 6) is 1.06. The van der Waals surface area contributed by atoms with Gasteiger partial charge in [-0.3, -0.25) is 9.59 Å². The van der Waals surface area contributed by atoms with E-state index < -0.39 is 11.9 Å². The quantitative estimate of drug-likeness (QED) is 0.0678. The van der Waals surface area contributed by atoms with Crippen molar-refractivity contribution in [3.63, 3.8) is 0 Å². The predicted octanol–water partition coefficient (Wildman–Crippen LogP) is 9.45. The van der Waals surface area contributed by atoms with Crippen molar-refractivity contribution in [2.24, 2.45) is 41.4 Å². The zero-order valence-corrected chi connectivity index (χ0v) is 41.1. The van der Waals surface area contributed by atoms with Crippen molar-refractivity contribution in [1.29, 1.82) is 0 Å². The highest BCUT2D eigenvalue weighted by atomic mass is 16.5. The fourth-order valence-electron chi connectivity index (χ4n) is 10.9. The zero-order valence-electron chi connectivity index (χ0n) is 41.1. The lowest BCUT2D eigenvalue weighted by atomic mass is 9.80. The van der Waals surface area contributed by atoms with Gasteiger partial charge in [0.1, 0.15) is 11.7 Å². The molecule has 8 bridgehead atoms. The first kappa shape index (κ1) is 48.8. The molecule has 0 aromatic carbocycles. The van der Waals surface area contributed by atoms with Crippen LogP contribution in [0, 0.1) is 62.2 Å². The van der Waals surface area contributed by atoms with Gasteiger partial charge >= 0.3 is 11.9 Å². The second kappa shape index (κ2) is 21.6. The summed E-state index contributed by atoms with van der Waals surface area (Å²) in [6.07, 6.45) is 22.5. The Morgan fingerprint density at radius 1 is 0.797 bits per heavy atom. The highest BCUT2D eigenvalue weighted by Crippen LogP contribution is 2.42. The fourth-order valence-corrected chi connectivity index (χ4v) is 10.9. The topological polar surface area (TPSA) is 132 Å². The number of esters is 2. The molecule has 1 aliphatic carbocycles. The average Bonchev–Trinajstić information content (AvgIpc) is 3.99. The van der Waals surface area contributed by atoms with Crippen molar-refractivity contribution in [2.45, 2.75) is 159 Å². The fraction of sp³-hybridized carbons (Fsp3) is 0.600. The highest BCUT2D eigenvalue weighted by Gasteiger charge is 2.47. The lowest BCUT2D eigenvalue weighted by Crippen LogP contribution is -2.38. The van der Waals surface area contributed by atoms with E-state index in [1.807, 2.05) is 13.0 Å². The molecule has 0 amide bonds. The third kappa shape index (κ3) is 10.7. The van der Waals surface area contributed by atoms with Crippen LogP contribution in [0.3, 0.4) is 0 Å². The van der Waals surface area contributed by atoms with E-state index in [0.29, 0.717) is 24.2 Å². The number of fused-ring (bicyclic) bond motifs is 8. The van der Waals surface area contributed by atoms with Crippen LogP contribution >= 0.6 is 0 Å². The summed E-state index contributed by atoms with van der Waals surface area (Å²) in [6, 6.07) is -0.383. The van der Waals surface area contributed by atoms with Gasteiger partial charge in [0.15, 0.2) is 0 Å². The Kier molecular flexibility index (Phi) is 16.4. The van der Waals surface area contributed by atoms with E-state index in [9.17, 15) is 14.7 Å². The number of H-pyrrole nitrogens is 3. The number of aromatic nitrogens is 3. The summed E-state index contributed by atoms with van der Waals surface area (Å²) in [4.78, 5) is 38.2. The van der Waals surface area contributed by atoms with Crippen molar-refractivity contribution in [2.75, 3.05) is 13.7 Å². The maximum absolute atomic E-state index is 13.7. The molecule has 5 N–H and O–H groups in total.